The molecule has 2 amide bonds. The predicted octanol–water partition coefficient (Wildman–Crippen LogP) is 4.04. The van der Waals surface area contributed by atoms with Crippen molar-refractivity contribution in [1.29, 1.82) is 0 Å². The number of nitrogens with one attached hydrogen (secondary N) is 1. The van der Waals surface area contributed by atoms with E-state index in [0.717, 1.165) is 18.4 Å². The lowest BCUT2D eigenvalue weighted by atomic mass is 9.81. The summed E-state index contributed by atoms with van der Waals surface area (Å²) in [4.78, 5) is 27.2. The molecule has 2 aromatic rings. The topological polar surface area (TPSA) is 67.9 Å². The van der Waals surface area contributed by atoms with Crippen molar-refractivity contribution in [2.45, 2.75) is 32.7 Å². The number of nitrogens with zero attached hydrogens (tertiary/aromatic N) is 1. The molecule has 172 valence electrons. The highest BCUT2D eigenvalue weighted by Crippen LogP contribution is 2.30. The number of carbonyl (C=O) groups excluding carboxylic acids is 2. The Labute approximate surface area is 188 Å². The summed E-state index contributed by atoms with van der Waals surface area (Å²) in [6.45, 7) is 3.71. The van der Waals surface area contributed by atoms with Gasteiger partial charge in [-0.2, -0.15) is 0 Å². The summed E-state index contributed by atoms with van der Waals surface area (Å²) >= 11 is 0. The zero-order valence-corrected chi connectivity index (χ0v) is 18.9. The Morgan fingerprint density at radius 2 is 1.78 bits per heavy atom. The van der Waals surface area contributed by atoms with E-state index < -0.39 is 0 Å². The van der Waals surface area contributed by atoms with E-state index in [1.165, 1.54) is 24.3 Å². The van der Waals surface area contributed by atoms with E-state index in [1.54, 1.807) is 14.2 Å². The molecule has 3 rings (SSSR count). The predicted molar refractivity (Wildman–Crippen MR) is 120 cm³/mol. The van der Waals surface area contributed by atoms with Crippen molar-refractivity contribution in [2.24, 2.45) is 11.8 Å². The van der Waals surface area contributed by atoms with Crippen molar-refractivity contribution in [3.05, 3.63) is 59.4 Å². The maximum atomic E-state index is 13.2. The first-order valence-electron chi connectivity index (χ1n) is 11.0. The molecule has 0 aromatic heterocycles. The SMILES string of the molecule is CCC1CN(C(=O)c2ccc(F)cc2)CCC1CC(=O)NCc1ccc(OC)c(OC)c1. The first-order chi connectivity index (χ1) is 15.4. The van der Waals surface area contributed by atoms with Gasteiger partial charge in [0, 0.05) is 31.6 Å². The number of piperidine rings is 1. The van der Waals surface area contributed by atoms with Gasteiger partial charge in [0.2, 0.25) is 5.91 Å². The van der Waals surface area contributed by atoms with Crippen LogP contribution in [0.4, 0.5) is 4.39 Å². The Kier molecular flexibility index (Phi) is 8.09. The molecule has 2 atom stereocenters. The summed E-state index contributed by atoms with van der Waals surface area (Å²) in [7, 11) is 3.17. The maximum Gasteiger partial charge on any atom is 0.253 e. The van der Waals surface area contributed by atoms with Gasteiger partial charge in [-0.1, -0.05) is 19.4 Å². The summed E-state index contributed by atoms with van der Waals surface area (Å²) < 4.78 is 23.7. The third kappa shape index (κ3) is 5.78. The van der Waals surface area contributed by atoms with Crippen LogP contribution in [0, 0.1) is 17.7 Å². The highest BCUT2D eigenvalue weighted by molar-refractivity contribution is 5.94. The van der Waals surface area contributed by atoms with Crippen molar-refractivity contribution in [3.8, 4) is 11.5 Å². The Morgan fingerprint density at radius 3 is 2.44 bits per heavy atom. The fourth-order valence-electron chi connectivity index (χ4n) is 4.27. The highest BCUT2D eigenvalue weighted by atomic mass is 19.1. The van der Waals surface area contributed by atoms with Crippen LogP contribution in [-0.2, 0) is 11.3 Å². The molecule has 7 heteroatoms. The van der Waals surface area contributed by atoms with E-state index in [9.17, 15) is 14.0 Å². The summed E-state index contributed by atoms with van der Waals surface area (Å²) in [5, 5.41) is 2.99. The van der Waals surface area contributed by atoms with E-state index in [1.807, 2.05) is 23.1 Å². The van der Waals surface area contributed by atoms with E-state index >= 15 is 0 Å². The van der Waals surface area contributed by atoms with Crippen LogP contribution in [0.2, 0.25) is 0 Å². The fourth-order valence-corrected chi connectivity index (χ4v) is 4.27. The van der Waals surface area contributed by atoms with Gasteiger partial charge in [0.25, 0.3) is 5.91 Å². The summed E-state index contributed by atoms with van der Waals surface area (Å²) in [5.41, 5.74) is 1.43. The standard InChI is InChI=1S/C25H31FN2O4/c1-4-18-16-28(25(30)19-6-8-21(26)9-7-19)12-11-20(18)14-24(29)27-15-17-5-10-22(31-2)23(13-17)32-3/h5-10,13,18,20H,4,11-12,14-16H2,1-3H3,(H,27,29). The number of benzene rings is 2. The van der Waals surface area contributed by atoms with Gasteiger partial charge in [0.15, 0.2) is 11.5 Å². The van der Waals surface area contributed by atoms with E-state index in [0.29, 0.717) is 43.1 Å². The first kappa shape index (κ1) is 23.6. The minimum Gasteiger partial charge on any atom is -0.493 e. The molecule has 0 aliphatic carbocycles. The third-order valence-electron chi connectivity index (χ3n) is 6.18. The van der Waals surface area contributed by atoms with Gasteiger partial charge in [-0.3, -0.25) is 9.59 Å². The molecule has 1 aliphatic heterocycles. The lowest BCUT2D eigenvalue weighted by Gasteiger charge is -2.38. The van der Waals surface area contributed by atoms with E-state index in [-0.39, 0.29) is 29.5 Å². The van der Waals surface area contributed by atoms with Crippen LogP contribution < -0.4 is 14.8 Å². The average Bonchev–Trinajstić information content (AvgIpc) is 2.82. The minimum absolute atomic E-state index is 0.00143. The van der Waals surface area contributed by atoms with Crippen molar-refractivity contribution in [3.63, 3.8) is 0 Å². The van der Waals surface area contributed by atoms with Crippen LogP contribution in [0.25, 0.3) is 0 Å². The molecule has 2 unspecified atom stereocenters. The molecule has 2 aromatic carbocycles. The molecule has 0 saturated carbocycles. The number of likely N-dealkylation sites (tertiary alicyclic amines) is 1. The smallest absolute Gasteiger partial charge is 0.253 e. The van der Waals surface area contributed by atoms with Crippen LogP contribution in [0.15, 0.2) is 42.5 Å². The molecular weight excluding hydrogens is 411 g/mol. The molecule has 0 radical (unpaired) electrons. The Balaban J connectivity index is 1.53. The largest absolute Gasteiger partial charge is 0.493 e. The van der Waals surface area contributed by atoms with E-state index in [4.69, 9.17) is 9.47 Å². The summed E-state index contributed by atoms with van der Waals surface area (Å²) in [6.07, 6.45) is 2.10. The molecule has 1 fully saturated rings. The van der Waals surface area contributed by atoms with Crippen LogP contribution in [0.5, 0.6) is 11.5 Å². The van der Waals surface area contributed by atoms with Crippen LogP contribution in [0.3, 0.4) is 0 Å². The van der Waals surface area contributed by atoms with Gasteiger partial charge in [-0.25, -0.2) is 4.39 Å². The van der Waals surface area contributed by atoms with E-state index in [2.05, 4.69) is 12.2 Å². The Hall–Kier alpha value is -3.09. The van der Waals surface area contributed by atoms with Gasteiger partial charge in [-0.05, 0) is 60.2 Å². The van der Waals surface area contributed by atoms with Gasteiger partial charge in [0.05, 0.1) is 14.2 Å². The zero-order chi connectivity index (χ0) is 23.1. The fraction of sp³-hybridized carbons (Fsp3) is 0.440. The number of rotatable bonds is 8. The second-order valence-electron chi connectivity index (χ2n) is 8.15. The zero-order valence-electron chi connectivity index (χ0n) is 18.9. The van der Waals surface area contributed by atoms with Crippen LogP contribution in [0.1, 0.15) is 42.1 Å². The highest BCUT2D eigenvalue weighted by Gasteiger charge is 2.32. The minimum atomic E-state index is -0.356. The van der Waals surface area contributed by atoms with Crippen molar-refractivity contribution < 1.29 is 23.5 Å². The number of hydrogen-bond acceptors (Lipinski definition) is 4. The Morgan fingerprint density at radius 1 is 1.06 bits per heavy atom. The molecule has 32 heavy (non-hydrogen) atoms. The maximum absolute atomic E-state index is 13.2. The number of ether oxygens (including phenoxy) is 2. The molecule has 1 heterocycles. The third-order valence-corrected chi connectivity index (χ3v) is 6.18. The summed E-state index contributed by atoms with van der Waals surface area (Å²) in [5.74, 6) is 1.31. The molecule has 6 nitrogen and oxygen atoms in total. The van der Waals surface area contributed by atoms with Crippen molar-refractivity contribution in [2.75, 3.05) is 27.3 Å². The molecule has 0 spiro atoms. The second-order valence-corrected chi connectivity index (χ2v) is 8.15. The van der Waals surface area contributed by atoms with Gasteiger partial charge >= 0.3 is 0 Å². The first-order valence-corrected chi connectivity index (χ1v) is 11.0. The van der Waals surface area contributed by atoms with Crippen LogP contribution in [-0.4, -0.2) is 44.0 Å². The van der Waals surface area contributed by atoms with Crippen molar-refractivity contribution in [1.82, 2.24) is 10.2 Å². The van der Waals surface area contributed by atoms with Crippen molar-refractivity contribution >= 4 is 11.8 Å². The molecule has 1 N–H and O–H groups in total. The monoisotopic (exact) mass is 442 g/mol. The number of halogens is 1. The number of carbonyl (C=O) groups is 2. The molecule has 1 aliphatic rings. The number of hydrogen-bond donors (Lipinski definition) is 1. The van der Waals surface area contributed by atoms with Crippen LogP contribution >= 0.6 is 0 Å². The van der Waals surface area contributed by atoms with Gasteiger partial charge < -0.3 is 19.7 Å². The second kappa shape index (κ2) is 11.0. The quantitative estimate of drug-likeness (QED) is 0.670. The molecule has 0 bridgehead atoms. The normalized spacial score (nSPS) is 18.2. The molecular formula is C25H31FN2O4. The number of amides is 2. The van der Waals surface area contributed by atoms with Gasteiger partial charge in [-0.15, -0.1) is 0 Å². The average molecular weight is 443 g/mol. The lowest BCUT2D eigenvalue weighted by molar-refractivity contribution is -0.123. The summed E-state index contributed by atoms with van der Waals surface area (Å²) in [6, 6.07) is 11.2. The lowest BCUT2D eigenvalue weighted by Crippen LogP contribution is -2.44. The Bertz CT molecular complexity index is 932. The van der Waals surface area contributed by atoms with Gasteiger partial charge in [0.1, 0.15) is 5.82 Å². The number of methoxy groups -OCH3 is 2. The molecule has 1 saturated heterocycles.